The summed E-state index contributed by atoms with van der Waals surface area (Å²) in [5.74, 6) is 0.132. The van der Waals surface area contributed by atoms with Crippen molar-refractivity contribution in [3.8, 4) is 5.75 Å². The number of ether oxygens (including phenoxy) is 1. The Labute approximate surface area is 175 Å². The van der Waals surface area contributed by atoms with Crippen molar-refractivity contribution in [1.29, 1.82) is 0 Å². The molecular weight excluding hydrogens is 387 g/mol. The quantitative estimate of drug-likeness (QED) is 0.513. The van der Waals surface area contributed by atoms with E-state index in [4.69, 9.17) is 9.57 Å². The highest BCUT2D eigenvalue weighted by Crippen LogP contribution is 2.35. The highest BCUT2D eigenvalue weighted by atomic mass is 19.1. The number of carbonyl (C=O) groups excluding carboxylic acids is 1. The first-order valence-electron chi connectivity index (χ1n) is 9.69. The molecule has 0 saturated carbocycles. The Morgan fingerprint density at radius 1 is 1.23 bits per heavy atom. The number of benzene rings is 2. The molecule has 0 saturated heterocycles. The van der Waals surface area contributed by atoms with Crippen molar-refractivity contribution in [2.75, 3.05) is 32.6 Å². The number of hydrogen-bond donors (Lipinski definition) is 2. The van der Waals surface area contributed by atoms with Crippen molar-refractivity contribution in [3.05, 3.63) is 59.4 Å². The lowest BCUT2D eigenvalue weighted by Gasteiger charge is -2.16. The lowest BCUT2D eigenvalue weighted by Crippen LogP contribution is -2.35. The largest absolute Gasteiger partial charge is 0.487 e. The molecule has 2 N–H and O–H groups in total. The maximum atomic E-state index is 13.0. The van der Waals surface area contributed by atoms with Crippen LogP contribution in [0.15, 0.2) is 47.6 Å². The SMILES string of the molecule is CN(C)NC/C(=N\OCC(=O)Nc1ccc(F)cc1)c1ccc2c(c1)CC(C)(C)O2. The minimum atomic E-state index is -0.380. The van der Waals surface area contributed by atoms with E-state index in [0.717, 1.165) is 23.3 Å². The number of anilines is 1. The average molecular weight is 414 g/mol. The van der Waals surface area contributed by atoms with Gasteiger partial charge in [0.2, 0.25) is 0 Å². The van der Waals surface area contributed by atoms with Crippen LogP contribution in [0, 0.1) is 5.82 Å². The number of carbonyl (C=O) groups is 1. The van der Waals surface area contributed by atoms with Gasteiger partial charge in [0, 0.05) is 31.8 Å². The van der Waals surface area contributed by atoms with Crippen LogP contribution in [0.4, 0.5) is 10.1 Å². The molecular formula is C22H27FN4O3. The molecule has 1 aliphatic rings. The second kappa shape index (κ2) is 9.23. The summed E-state index contributed by atoms with van der Waals surface area (Å²) >= 11 is 0. The summed E-state index contributed by atoms with van der Waals surface area (Å²) < 4.78 is 18.9. The van der Waals surface area contributed by atoms with Crippen LogP contribution < -0.4 is 15.5 Å². The Morgan fingerprint density at radius 3 is 2.67 bits per heavy atom. The number of halogens is 1. The maximum Gasteiger partial charge on any atom is 0.265 e. The van der Waals surface area contributed by atoms with Gasteiger partial charge in [0.15, 0.2) is 6.61 Å². The lowest BCUT2D eigenvalue weighted by molar-refractivity contribution is -0.120. The molecule has 1 amide bonds. The van der Waals surface area contributed by atoms with Crippen LogP contribution in [0.2, 0.25) is 0 Å². The van der Waals surface area contributed by atoms with E-state index in [0.29, 0.717) is 17.9 Å². The number of hydrogen-bond acceptors (Lipinski definition) is 6. The first kappa shape index (κ1) is 21.7. The number of amides is 1. The van der Waals surface area contributed by atoms with Crippen LogP contribution in [0.5, 0.6) is 5.75 Å². The van der Waals surface area contributed by atoms with E-state index >= 15 is 0 Å². The predicted octanol–water partition coefficient (Wildman–Crippen LogP) is 2.96. The fraction of sp³-hybridized carbons (Fsp3) is 0.364. The molecule has 0 aliphatic carbocycles. The van der Waals surface area contributed by atoms with Crippen LogP contribution in [0.3, 0.4) is 0 Å². The molecule has 0 atom stereocenters. The number of oxime groups is 1. The molecule has 1 aliphatic heterocycles. The van der Waals surface area contributed by atoms with E-state index < -0.39 is 0 Å². The third-order valence-corrected chi connectivity index (χ3v) is 4.46. The van der Waals surface area contributed by atoms with Crippen LogP contribution in [-0.4, -0.2) is 49.5 Å². The third kappa shape index (κ3) is 6.01. The Balaban J connectivity index is 1.67. The molecule has 1 heterocycles. The standard InChI is InChI=1S/C22H27FN4O3/c1-22(2)12-16-11-15(5-10-20(16)30-22)19(13-24-27(3)4)26-29-14-21(28)25-18-8-6-17(23)7-9-18/h5-11,24H,12-14H2,1-4H3,(H,25,28)/b26-19+. The average Bonchev–Trinajstić information content (AvgIpc) is 2.99. The van der Waals surface area contributed by atoms with Gasteiger partial charge < -0.3 is 14.9 Å². The number of fused-ring (bicyclic) bond motifs is 1. The molecule has 0 bridgehead atoms. The smallest absolute Gasteiger partial charge is 0.265 e. The van der Waals surface area contributed by atoms with Gasteiger partial charge in [0.1, 0.15) is 22.9 Å². The monoisotopic (exact) mass is 414 g/mol. The van der Waals surface area contributed by atoms with Gasteiger partial charge >= 0.3 is 0 Å². The van der Waals surface area contributed by atoms with Crippen LogP contribution in [-0.2, 0) is 16.1 Å². The Hall–Kier alpha value is -2.97. The van der Waals surface area contributed by atoms with E-state index in [-0.39, 0.29) is 23.9 Å². The molecule has 2 aromatic carbocycles. The summed E-state index contributed by atoms with van der Waals surface area (Å²) in [6.45, 7) is 4.27. The van der Waals surface area contributed by atoms with Gasteiger partial charge in [-0.15, -0.1) is 0 Å². The third-order valence-electron chi connectivity index (χ3n) is 4.46. The molecule has 0 radical (unpaired) electrons. The Kier molecular flexibility index (Phi) is 6.69. The number of nitrogens with zero attached hydrogens (tertiary/aromatic N) is 2. The number of hydrazine groups is 1. The van der Waals surface area contributed by atoms with Gasteiger partial charge in [-0.2, -0.15) is 0 Å². The molecule has 0 spiro atoms. The minimum absolute atomic E-state index is 0.227. The second-order valence-electron chi connectivity index (χ2n) is 7.96. The highest BCUT2D eigenvalue weighted by molar-refractivity contribution is 6.02. The zero-order chi connectivity index (χ0) is 21.7. The fourth-order valence-corrected chi connectivity index (χ4v) is 3.11. The molecule has 7 nitrogen and oxygen atoms in total. The van der Waals surface area contributed by atoms with E-state index in [1.54, 1.807) is 0 Å². The fourth-order valence-electron chi connectivity index (χ4n) is 3.11. The molecule has 2 aromatic rings. The minimum Gasteiger partial charge on any atom is -0.487 e. The van der Waals surface area contributed by atoms with E-state index in [1.807, 2.05) is 37.3 Å². The highest BCUT2D eigenvalue weighted by Gasteiger charge is 2.30. The first-order chi connectivity index (χ1) is 14.2. The molecule has 0 fully saturated rings. The van der Waals surface area contributed by atoms with Crippen LogP contribution >= 0.6 is 0 Å². The van der Waals surface area contributed by atoms with Gasteiger partial charge in [-0.1, -0.05) is 5.16 Å². The maximum absolute atomic E-state index is 13.0. The van der Waals surface area contributed by atoms with Gasteiger partial charge in [-0.05, 0) is 61.9 Å². The summed E-state index contributed by atoms with van der Waals surface area (Å²) in [4.78, 5) is 17.4. The van der Waals surface area contributed by atoms with Crippen molar-refractivity contribution in [2.24, 2.45) is 5.16 Å². The molecule has 3 rings (SSSR count). The van der Waals surface area contributed by atoms with Gasteiger partial charge in [-0.3, -0.25) is 9.80 Å². The van der Waals surface area contributed by atoms with Crippen molar-refractivity contribution in [3.63, 3.8) is 0 Å². The predicted molar refractivity (Wildman–Crippen MR) is 114 cm³/mol. The van der Waals surface area contributed by atoms with Crippen LogP contribution in [0.25, 0.3) is 0 Å². The van der Waals surface area contributed by atoms with Crippen molar-refractivity contribution in [1.82, 2.24) is 10.4 Å². The zero-order valence-corrected chi connectivity index (χ0v) is 17.7. The molecule has 8 heteroatoms. The summed E-state index contributed by atoms with van der Waals surface area (Å²) in [6, 6.07) is 11.4. The molecule has 160 valence electrons. The number of nitrogens with one attached hydrogen (secondary N) is 2. The number of rotatable bonds is 8. The summed E-state index contributed by atoms with van der Waals surface area (Å²) in [5.41, 5.74) is 6.09. The van der Waals surface area contributed by atoms with Crippen molar-refractivity contribution in [2.45, 2.75) is 25.9 Å². The van der Waals surface area contributed by atoms with Crippen molar-refractivity contribution < 1.29 is 18.8 Å². The summed E-state index contributed by atoms with van der Waals surface area (Å²) in [7, 11) is 3.77. The van der Waals surface area contributed by atoms with Crippen LogP contribution in [0.1, 0.15) is 25.0 Å². The van der Waals surface area contributed by atoms with E-state index in [2.05, 4.69) is 29.7 Å². The Bertz CT molecular complexity index is 926. The topological polar surface area (TPSA) is 75.2 Å². The second-order valence-corrected chi connectivity index (χ2v) is 7.96. The molecule has 0 aromatic heterocycles. The van der Waals surface area contributed by atoms with Gasteiger partial charge in [0.25, 0.3) is 5.91 Å². The summed E-state index contributed by atoms with van der Waals surface area (Å²) in [6.07, 6.45) is 0.811. The summed E-state index contributed by atoms with van der Waals surface area (Å²) in [5, 5.41) is 8.64. The van der Waals surface area contributed by atoms with E-state index in [9.17, 15) is 9.18 Å². The van der Waals surface area contributed by atoms with Gasteiger partial charge in [0.05, 0.1) is 6.54 Å². The normalized spacial score (nSPS) is 14.9. The first-order valence-corrected chi connectivity index (χ1v) is 9.69. The van der Waals surface area contributed by atoms with E-state index in [1.165, 1.54) is 24.3 Å². The molecule has 30 heavy (non-hydrogen) atoms. The van der Waals surface area contributed by atoms with Gasteiger partial charge in [-0.25, -0.2) is 9.82 Å². The molecule has 0 unspecified atom stereocenters. The zero-order valence-electron chi connectivity index (χ0n) is 17.7. The lowest BCUT2D eigenvalue weighted by atomic mass is 9.99. The van der Waals surface area contributed by atoms with Crippen molar-refractivity contribution >= 4 is 17.3 Å². The Morgan fingerprint density at radius 2 is 1.97 bits per heavy atom.